The molecule has 1 aromatic carbocycles. The van der Waals surface area contributed by atoms with Crippen molar-refractivity contribution in [2.75, 3.05) is 7.11 Å². The van der Waals surface area contributed by atoms with Gasteiger partial charge in [-0.05, 0) is 36.6 Å². The lowest BCUT2D eigenvalue weighted by Crippen LogP contribution is -2.49. The number of carbonyl (C=O) groups excluding carboxylic acids is 2. The Balaban J connectivity index is 2.30. The maximum atomic E-state index is 12.9. The van der Waals surface area contributed by atoms with Gasteiger partial charge in [0.2, 0.25) is 0 Å². The van der Waals surface area contributed by atoms with Crippen molar-refractivity contribution in [2.24, 2.45) is 5.92 Å². The van der Waals surface area contributed by atoms with Crippen molar-refractivity contribution >= 4 is 17.8 Å². The topological polar surface area (TPSA) is 63.6 Å². The van der Waals surface area contributed by atoms with E-state index >= 15 is 0 Å². The summed E-state index contributed by atoms with van der Waals surface area (Å²) in [7, 11) is 1.17. The van der Waals surface area contributed by atoms with Gasteiger partial charge in [-0.3, -0.25) is 4.79 Å². The SMILES string of the molecule is COC(=O)[C@@](O)(/C=C/c1ccc(F)cc1)[C@@H]1CCCCC1=O. The standard InChI is InChI=1S/C17H19FO4/c1-22-16(20)17(21,14-4-2-3-5-15(14)19)11-10-12-6-8-13(18)9-7-12/h6-11,14,21H,2-5H2,1H3/b11-10+/t14-,17-/m1/s1. The molecule has 0 heterocycles. The molecule has 1 fully saturated rings. The zero-order valence-electron chi connectivity index (χ0n) is 12.4. The van der Waals surface area contributed by atoms with Crippen LogP contribution in [0.15, 0.2) is 30.3 Å². The second kappa shape index (κ2) is 6.83. The molecular formula is C17H19FO4. The highest BCUT2D eigenvalue weighted by atomic mass is 19.1. The van der Waals surface area contributed by atoms with Crippen LogP contribution in [-0.2, 0) is 14.3 Å². The van der Waals surface area contributed by atoms with Crippen molar-refractivity contribution in [3.05, 3.63) is 41.7 Å². The molecule has 1 aliphatic carbocycles. The first-order chi connectivity index (χ1) is 10.5. The van der Waals surface area contributed by atoms with Crippen molar-refractivity contribution in [3.8, 4) is 0 Å². The Bertz CT molecular complexity index is 579. The fraction of sp³-hybridized carbons (Fsp3) is 0.412. The fourth-order valence-electron chi connectivity index (χ4n) is 2.74. The van der Waals surface area contributed by atoms with Crippen molar-refractivity contribution < 1.29 is 23.8 Å². The quantitative estimate of drug-likeness (QED) is 0.868. The molecule has 0 amide bonds. The normalized spacial score (nSPS) is 21.6. The highest BCUT2D eigenvalue weighted by molar-refractivity contribution is 5.93. The third kappa shape index (κ3) is 3.42. The molecule has 1 saturated carbocycles. The Morgan fingerprint density at radius 1 is 1.36 bits per heavy atom. The molecule has 118 valence electrons. The van der Waals surface area contributed by atoms with Crippen LogP contribution in [0.5, 0.6) is 0 Å². The molecule has 0 saturated heterocycles. The number of benzene rings is 1. The lowest BCUT2D eigenvalue weighted by Gasteiger charge is -2.32. The molecule has 0 aromatic heterocycles. The van der Waals surface area contributed by atoms with E-state index in [0.717, 1.165) is 12.8 Å². The first kappa shape index (κ1) is 16.4. The first-order valence-electron chi connectivity index (χ1n) is 7.25. The molecule has 0 unspecified atom stereocenters. The number of rotatable bonds is 4. The molecule has 0 spiro atoms. The summed E-state index contributed by atoms with van der Waals surface area (Å²) in [6, 6.07) is 5.60. The Morgan fingerprint density at radius 3 is 2.64 bits per heavy atom. The monoisotopic (exact) mass is 306 g/mol. The minimum absolute atomic E-state index is 0.136. The first-order valence-corrected chi connectivity index (χ1v) is 7.25. The lowest BCUT2D eigenvalue weighted by atomic mass is 9.75. The number of halogens is 1. The highest BCUT2D eigenvalue weighted by Crippen LogP contribution is 2.32. The average Bonchev–Trinajstić information content (AvgIpc) is 2.53. The van der Waals surface area contributed by atoms with Crippen LogP contribution in [0.3, 0.4) is 0 Å². The summed E-state index contributed by atoms with van der Waals surface area (Å²) in [5.41, 5.74) is -1.37. The van der Waals surface area contributed by atoms with Gasteiger partial charge in [-0.2, -0.15) is 0 Å². The fourth-order valence-corrected chi connectivity index (χ4v) is 2.74. The Hall–Kier alpha value is -2.01. The molecule has 0 bridgehead atoms. The van der Waals surface area contributed by atoms with Crippen LogP contribution in [0.2, 0.25) is 0 Å². The van der Waals surface area contributed by atoms with Gasteiger partial charge < -0.3 is 9.84 Å². The van der Waals surface area contributed by atoms with E-state index in [0.29, 0.717) is 18.4 Å². The second-order valence-corrected chi connectivity index (χ2v) is 5.47. The Kier molecular flexibility index (Phi) is 5.08. The number of carbonyl (C=O) groups is 2. The maximum Gasteiger partial charge on any atom is 0.342 e. The van der Waals surface area contributed by atoms with Crippen LogP contribution in [0.1, 0.15) is 31.2 Å². The summed E-state index contributed by atoms with van der Waals surface area (Å²) >= 11 is 0. The van der Waals surface area contributed by atoms with E-state index < -0.39 is 17.5 Å². The maximum absolute atomic E-state index is 12.9. The number of hydrogen-bond acceptors (Lipinski definition) is 4. The van der Waals surface area contributed by atoms with Gasteiger partial charge in [0.1, 0.15) is 11.6 Å². The molecule has 5 heteroatoms. The van der Waals surface area contributed by atoms with Crippen LogP contribution in [-0.4, -0.2) is 29.6 Å². The van der Waals surface area contributed by atoms with E-state index in [1.165, 1.54) is 43.5 Å². The number of hydrogen-bond donors (Lipinski definition) is 1. The van der Waals surface area contributed by atoms with Gasteiger partial charge in [0.25, 0.3) is 0 Å². The van der Waals surface area contributed by atoms with Crippen LogP contribution in [0.25, 0.3) is 6.08 Å². The number of Topliss-reactive ketones (excluding diaryl/α,β-unsaturated/α-hetero) is 1. The molecule has 1 aliphatic rings. The van der Waals surface area contributed by atoms with E-state index in [1.54, 1.807) is 0 Å². The number of ketones is 1. The molecule has 4 nitrogen and oxygen atoms in total. The van der Waals surface area contributed by atoms with E-state index in [1.807, 2.05) is 0 Å². The minimum Gasteiger partial charge on any atom is -0.467 e. The number of aliphatic hydroxyl groups is 1. The van der Waals surface area contributed by atoms with E-state index in [-0.39, 0.29) is 11.6 Å². The Morgan fingerprint density at radius 2 is 2.05 bits per heavy atom. The van der Waals surface area contributed by atoms with Gasteiger partial charge in [-0.1, -0.05) is 24.6 Å². The third-order valence-electron chi connectivity index (χ3n) is 4.00. The summed E-state index contributed by atoms with van der Waals surface area (Å²) in [5, 5.41) is 10.7. The third-order valence-corrected chi connectivity index (χ3v) is 4.00. The van der Waals surface area contributed by atoms with Gasteiger partial charge in [0.05, 0.1) is 13.0 Å². The molecule has 1 N–H and O–H groups in total. The molecule has 0 radical (unpaired) electrons. The Labute approximate surface area is 128 Å². The van der Waals surface area contributed by atoms with Crippen LogP contribution >= 0.6 is 0 Å². The predicted molar refractivity (Wildman–Crippen MR) is 79.4 cm³/mol. The zero-order valence-corrected chi connectivity index (χ0v) is 12.4. The van der Waals surface area contributed by atoms with Crippen molar-refractivity contribution in [2.45, 2.75) is 31.3 Å². The molecule has 2 atom stereocenters. The molecule has 1 aromatic rings. The van der Waals surface area contributed by atoms with Gasteiger partial charge in [-0.15, -0.1) is 0 Å². The van der Waals surface area contributed by atoms with Crippen LogP contribution in [0.4, 0.5) is 4.39 Å². The van der Waals surface area contributed by atoms with Crippen LogP contribution < -0.4 is 0 Å². The molecular weight excluding hydrogens is 287 g/mol. The molecule has 0 aliphatic heterocycles. The minimum atomic E-state index is -1.99. The van der Waals surface area contributed by atoms with Gasteiger partial charge in [0, 0.05) is 6.42 Å². The van der Waals surface area contributed by atoms with Gasteiger partial charge >= 0.3 is 5.97 Å². The van der Waals surface area contributed by atoms with Gasteiger partial charge in [0.15, 0.2) is 5.60 Å². The van der Waals surface area contributed by atoms with Crippen LogP contribution in [0, 0.1) is 11.7 Å². The van der Waals surface area contributed by atoms with Crippen molar-refractivity contribution in [3.63, 3.8) is 0 Å². The van der Waals surface area contributed by atoms with E-state index in [2.05, 4.69) is 4.74 Å². The lowest BCUT2D eigenvalue weighted by molar-refractivity contribution is -0.166. The summed E-state index contributed by atoms with van der Waals surface area (Å²) in [5.74, 6) is -2.16. The number of methoxy groups -OCH3 is 1. The van der Waals surface area contributed by atoms with Crippen molar-refractivity contribution in [1.29, 1.82) is 0 Å². The highest BCUT2D eigenvalue weighted by Gasteiger charge is 2.47. The summed E-state index contributed by atoms with van der Waals surface area (Å²) in [6.45, 7) is 0. The van der Waals surface area contributed by atoms with E-state index in [4.69, 9.17) is 0 Å². The number of esters is 1. The predicted octanol–water partition coefficient (Wildman–Crippen LogP) is 2.50. The summed E-state index contributed by atoms with van der Waals surface area (Å²) in [4.78, 5) is 24.1. The summed E-state index contributed by atoms with van der Waals surface area (Å²) < 4.78 is 17.6. The second-order valence-electron chi connectivity index (χ2n) is 5.47. The zero-order chi connectivity index (χ0) is 16.2. The number of ether oxygens (including phenoxy) is 1. The smallest absolute Gasteiger partial charge is 0.342 e. The summed E-state index contributed by atoms with van der Waals surface area (Å²) in [6.07, 6.45) is 5.12. The average molecular weight is 306 g/mol. The largest absolute Gasteiger partial charge is 0.467 e. The van der Waals surface area contributed by atoms with Gasteiger partial charge in [-0.25, -0.2) is 9.18 Å². The van der Waals surface area contributed by atoms with Crippen molar-refractivity contribution in [1.82, 2.24) is 0 Å². The molecule has 2 rings (SSSR count). The molecule has 22 heavy (non-hydrogen) atoms. The van der Waals surface area contributed by atoms with E-state index in [9.17, 15) is 19.1 Å².